The van der Waals surface area contributed by atoms with Crippen LogP contribution in [0.1, 0.15) is 188 Å². The molecule has 0 unspecified atom stereocenters. The predicted octanol–water partition coefficient (Wildman–Crippen LogP) is 9.84. The van der Waals surface area contributed by atoms with Gasteiger partial charge in [0.05, 0.1) is 24.6 Å². The Kier molecular flexibility index (Phi) is 33.5. The average Bonchev–Trinajstić information content (AvgIpc) is 2.84. The van der Waals surface area contributed by atoms with Crippen LogP contribution >= 0.6 is 7.26 Å². The molecule has 0 atom stereocenters. The summed E-state index contributed by atoms with van der Waals surface area (Å²) in [6.07, 6.45) is 43.5. The number of hydrogen-bond donors (Lipinski definition) is 0. The summed E-state index contributed by atoms with van der Waals surface area (Å²) in [6.45, 7) is 9.45. The molecule has 0 saturated heterocycles. The summed E-state index contributed by atoms with van der Waals surface area (Å²) in [5.74, 6) is 0. The fourth-order valence-electron chi connectivity index (χ4n) is 5.76. The quantitative estimate of drug-likeness (QED) is 0.0663. The van der Waals surface area contributed by atoms with Crippen molar-refractivity contribution in [2.45, 2.75) is 188 Å². The third kappa shape index (κ3) is 26.1. The Morgan fingerprint density at radius 2 is 0.429 bits per heavy atom. The topological polar surface area (TPSA) is 0 Å². The van der Waals surface area contributed by atoms with Crippen LogP contribution in [0.4, 0.5) is 0 Å². The fourth-order valence-corrected chi connectivity index (χ4v) is 10.7. The van der Waals surface area contributed by atoms with Gasteiger partial charge in [0, 0.05) is 7.26 Å². The van der Waals surface area contributed by atoms with Crippen LogP contribution in [0.5, 0.6) is 0 Å². The van der Waals surface area contributed by atoms with Crippen molar-refractivity contribution in [3.05, 3.63) is 0 Å². The second kappa shape index (κ2) is 30.9. The van der Waals surface area contributed by atoms with E-state index in [1.807, 2.05) is 0 Å². The Labute approximate surface area is 232 Å². The monoisotopic (exact) mass is 532 g/mol. The SMILES string of the molecule is CCCCCCCCCCCCCCCCCC[P+](CCCCC)(CCCCC)CCCCC.[Cl-]. The molecular formula is C33H70ClP. The molecule has 0 spiro atoms. The molecule has 0 aromatic heterocycles. The smallest absolute Gasteiger partial charge is 0.0594 e. The van der Waals surface area contributed by atoms with Crippen molar-refractivity contribution in [3.63, 3.8) is 0 Å². The van der Waals surface area contributed by atoms with Gasteiger partial charge in [-0.25, -0.2) is 0 Å². The second-order valence-electron chi connectivity index (χ2n) is 11.7. The first-order valence-electron chi connectivity index (χ1n) is 16.6. The lowest BCUT2D eigenvalue weighted by atomic mass is 10.0. The zero-order valence-corrected chi connectivity index (χ0v) is 27.0. The third-order valence-corrected chi connectivity index (χ3v) is 13.3. The summed E-state index contributed by atoms with van der Waals surface area (Å²) in [5.41, 5.74) is 0. The molecule has 0 aromatic carbocycles. The van der Waals surface area contributed by atoms with Gasteiger partial charge < -0.3 is 12.4 Å². The lowest BCUT2D eigenvalue weighted by Crippen LogP contribution is -3.00. The van der Waals surface area contributed by atoms with E-state index in [0.717, 1.165) is 0 Å². The van der Waals surface area contributed by atoms with Crippen molar-refractivity contribution < 1.29 is 12.4 Å². The largest absolute Gasteiger partial charge is 1.00 e. The van der Waals surface area contributed by atoms with Gasteiger partial charge in [0.2, 0.25) is 0 Å². The highest BCUT2D eigenvalue weighted by Crippen LogP contribution is 2.61. The normalized spacial score (nSPS) is 11.7. The Morgan fingerprint density at radius 3 is 0.686 bits per heavy atom. The molecule has 214 valence electrons. The van der Waals surface area contributed by atoms with Crippen molar-refractivity contribution in [2.75, 3.05) is 24.6 Å². The second-order valence-corrected chi connectivity index (χ2v) is 16.1. The van der Waals surface area contributed by atoms with E-state index in [-0.39, 0.29) is 12.4 Å². The first kappa shape index (κ1) is 37.9. The van der Waals surface area contributed by atoms with E-state index < -0.39 is 7.26 Å². The highest BCUT2D eigenvalue weighted by Gasteiger charge is 2.34. The van der Waals surface area contributed by atoms with Crippen LogP contribution in [-0.4, -0.2) is 24.6 Å². The van der Waals surface area contributed by atoms with Crippen molar-refractivity contribution >= 4 is 7.26 Å². The van der Waals surface area contributed by atoms with Crippen LogP contribution < -0.4 is 12.4 Å². The van der Waals surface area contributed by atoms with E-state index in [0.29, 0.717) is 0 Å². The van der Waals surface area contributed by atoms with Crippen molar-refractivity contribution in [1.82, 2.24) is 0 Å². The minimum atomic E-state index is -0.673. The molecule has 2 heteroatoms. The molecule has 0 aliphatic carbocycles. The minimum Gasteiger partial charge on any atom is -1.00 e. The minimum absolute atomic E-state index is 0. The zero-order chi connectivity index (χ0) is 25.0. The summed E-state index contributed by atoms with van der Waals surface area (Å²) in [6, 6.07) is 0. The maximum Gasteiger partial charge on any atom is 0.0594 e. The van der Waals surface area contributed by atoms with Crippen molar-refractivity contribution in [3.8, 4) is 0 Å². The van der Waals surface area contributed by atoms with Crippen LogP contribution in [0.3, 0.4) is 0 Å². The van der Waals surface area contributed by atoms with E-state index in [2.05, 4.69) is 27.7 Å². The van der Waals surface area contributed by atoms with Crippen LogP contribution in [0, 0.1) is 0 Å². The number of rotatable bonds is 29. The van der Waals surface area contributed by atoms with E-state index in [1.54, 1.807) is 31.1 Å². The molecule has 35 heavy (non-hydrogen) atoms. The van der Waals surface area contributed by atoms with Gasteiger partial charge in [-0.3, -0.25) is 0 Å². The molecule has 0 radical (unpaired) electrons. The molecule has 0 aliphatic rings. The van der Waals surface area contributed by atoms with E-state index in [4.69, 9.17) is 0 Å². The van der Waals surface area contributed by atoms with Crippen LogP contribution in [-0.2, 0) is 0 Å². The Morgan fingerprint density at radius 1 is 0.257 bits per heavy atom. The Bertz CT molecular complexity index is 344. The summed E-state index contributed by atoms with van der Waals surface area (Å²) >= 11 is 0. The number of halogens is 1. The van der Waals surface area contributed by atoms with Gasteiger partial charge in [-0.15, -0.1) is 0 Å². The standard InChI is InChI=1S/C33H70P.ClH/c1-5-9-13-14-15-16-17-18-19-20-21-22-23-24-25-29-33-34(30-26-10-6-2,31-27-11-7-3)32-28-12-8-4;/h5-33H2,1-4H3;1H/q+1;/p-1. The summed E-state index contributed by atoms with van der Waals surface area (Å²) < 4.78 is 0. The van der Waals surface area contributed by atoms with Gasteiger partial charge >= 0.3 is 0 Å². The van der Waals surface area contributed by atoms with E-state index >= 15 is 0 Å². The van der Waals surface area contributed by atoms with Gasteiger partial charge in [-0.1, -0.05) is 156 Å². The maximum absolute atomic E-state index is 2.38. The van der Waals surface area contributed by atoms with Gasteiger partial charge in [-0.05, 0) is 32.1 Å². The lowest BCUT2D eigenvalue weighted by Gasteiger charge is -2.28. The molecule has 0 nitrogen and oxygen atoms in total. The summed E-state index contributed by atoms with van der Waals surface area (Å²) in [4.78, 5) is 0. The van der Waals surface area contributed by atoms with E-state index in [9.17, 15) is 0 Å². The highest BCUT2D eigenvalue weighted by atomic mass is 35.5. The third-order valence-electron chi connectivity index (χ3n) is 8.19. The van der Waals surface area contributed by atoms with Crippen LogP contribution in [0.25, 0.3) is 0 Å². The summed E-state index contributed by atoms with van der Waals surface area (Å²) in [5, 5.41) is 0. The van der Waals surface area contributed by atoms with Gasteiger partial charge in [-0.2, -0.15) is 0 Å². The molecule has 0 N–H and O–H groups in total. The first-order chi connectivity index (χ1) is 16.7. The van der Waals surface area contributed by atoms with Gasteiger partial charge in [0.15, 0.2) is 0 Å². The first-order valence-corrected chi connectivity index (χ1v) is 19.1. The van der Waals surface area contributed by atoms with Gasteiger partial charge in [0.1, 0.15) is 0 Å². The predicted molar refractivity (Wildman–Crippen MR) is 165 cm³/mol. The molecule has 0 amide bonds. The fraction of sp³-hybridized carbons (Fsp3) is 1.00. The van der Waals surface area contributed by atoms with Crippen molar-refractivity contribution in [1.29, 1.82) is 0 Å². The molecule has 0 bridgehead atoms. The van der Waals surface area contributed by atoms with Crippen LogP contribution in [0.15, 0.2) is 0 Å². The van der Waals surface area contributed by atoms with Crippen LogP contribution in [0.2, 0.25) is 0 Å². The van der Waals surface area contributed by atoms with E-state index in [1.165, 1.54) is 154 Å². The Balaban J connectivity index is 0. The molecule has 0 fully saturated rings. The molecule has 0 saturated carbocycles. The molecule has 0 aromatic rings. The van der Waals surface area contributed by atoms with Crippen molar-refractivity contribution in [2.24, 2.45) is 0 Å². The zero-order valence-electron chi connectivity index (χ0n) is 25.3. The maximum atomic E-state index is 2.38. The number of unbranched alkanes of at least 4 members (excludes halogenated alkanes) is 21. The Hall–Kier alpha value is 0.720. The summed E-state index contributed by atoms with van der Waals surface area (Å²) in [7, 11) is -0.673. The molecule has 0 aliphatic heterocycles. The van der Waals surface area contributed by atoms with Gasteiger partial charge in [0.25, 0.3) is 0 Å². The highest BCUT2D eigenvalue weighted by molar-refractivity contribution is 7.75. The number of hydrogen-bond acceptors (Lipinski definition) is 0. The lowest BCUT2D eigenvalue weighted by molar-refractivity contribution is -0.00000778. The molecule has 0 heterocycles. The molecular weight excluding hydrogens is 463 g/mol. The average molecular weight is 533 g/mol. The molecule has 0 rings (SSSR count).